The highest BCUT2D eigenvalue weighted by Gasteiger charge is 2.16. The number of amides is 1. The van der Waals surface area contributed by atoms with E-state index in [1.165, 1.54) is 6.07 Å². The van der Waals surface area contributed by atoms with Crippen LogP contribution in [-0.2, 0) is 4.74 Å². The van der Waals surface area contributed by atoms with Crippen LogP contribution in [0.1, 0.15) is 23.3 Å². The van der Waals surface area contributed by atoms with Crippen molar-refractivity contribution in [2.24, 2.45) is 5.84 Å². The lowest BCUT2D eigenvalue weighted by molar-refractivity contribution is 0.0680. The van der Waals surface area contributed by atoms with E-state index in [-0.39, 0.29) is 17.7 Å². The Morgan fingerprint density at radius 3 is 3.00 bits per heavy atom. The lowest BCUT2D eigenvalue weighted by atomic mass is 10.1. The van der Waals surface area contributed by atoms with Crippen molar-refractivity contribution in [3.8, 4) is 17.0 Å². The number of rotatable bonds is 5. The van der Waals surface area contributed by atoms with Gasteiger partial charge < -0.3 is 15.2 Å². The highest BCUT2D eigenvalue weighted by molar-refractivity contribution is 5.93. The van der Waals surface area contributed by atoms with E-state index >= 15 is 0 Å². The van der Waals surface area contributed by atoms with Crippen molar-refractivity contribution in [2.75, 3.05) is 18.9 Å². The van der Waals surface area contributed by atoms with Crippen LogP contribution >= 0.6 is 0 Å². The standard InChI is InChI=1S/C16H19N5O3/c17-16-19-13(8-14(20-16)15(22)21-18)10-3-1-4-11(7-10)24-9-12-5-2-6-23-12/h1,3-4,7-8,12H,2,5-6,9,18H2,(H,21,22)(H2,17,19,20). The fraction of sp³-hybridized carbons (Fsp3) is 0.312. The summed E-state index contributed by atoms with van der Waals surface area (Å²) in [5.41, 5.74) is 9.09. The molecular formula is C16H19N5O3. The summed E-state index contributed by atoms with van der Waals surface area (Å²) in [6.45, 7) is 1.30. The first-order valence-corrected chi connectivity index (χ1v) is 7.66. The zero-order valence-electron chi connectivity index (χ0n) is 13.1. The predicted molar refractivity (Wildman–Crippen MR) is 88.0 cm³/mol. The topological polar surface area (TPSA) is 125 Å². The van der Waals surface area contributed by atoms with Crippen molar-refractivity contribution in [1.29, 1.82) is 0 Å². The second-order valence-corrected chi connectivity index (χ2v) is 5.44. The van der Waals surface area contributed by atoms with Gasteiger partial charge in [-0.1, -0.05) is 12.1 Å². The number of hydrazine groups is 1. The van der Waals surface area contributed by atoms with Gasteiger partial charge >= 0.3 is 0 Å². The zero-order chi connectivity index (χ0) is 16.9. The lowest BCUT2D eigenvalue weighted by Gasteiger charge is -2.12. The fourth-order valence-electron chi connectivity index (χ4n) is 2.51. The molecule has 1 aromatic carbocycles. The highest BCUT2D eigenvalue weighted by atomic mass is 16.5. The monoisotopic (exact) mass is 329 g/mol. The molecule has 0 saturated carbocycles. The summed E-state index contributed by atoms with van der Waals surface area (Å²) < 4.78 is 11.3. The van der Waals surface area contributed by atoms with Gasteiger partial charge in [0.25, 0.3) is 5.91 Å². The molecule has 1 unspecified atom stereocenters. The number of nitrogens with one attached hydrogen (secondary N) is 1. The molecule has 5 N–H and O–H groups in total. The molecule has 1 fully saturated rings. The van der Waals surface area contributed by atoms with Crippen molar-refractivity contribution in [2.45, 2.75) is 18.9 Å². The largest absolute Gasteiger partial charge is 0.491 e. The minimum absolute atomic E-state index is 0.00298. The molecule has 3 rings (SSSR count). The number of ether oxygens (including phenoxy) is 2. The molecule has 1 saturated heterocycles. The molecule has 126 valence electrons. The van der Waals surface area contributed by atoms with Crippen LogP contribution < -0.4 is 21.7 Å². The van der Waals surface area contributed by atoms with Crippen molar-refractivity contribution in [3.63, 3.8) is 0 Å². The van der Waals surface area contributed by atoms with Crippen molar-refractivity contribution < 1.29 is 14.3 Å². The van der Waals surface area contributed by atoms with Crippen molar-refractivity contribution >= 4 is 11.9 Å². The van der Waals surface area contributed by atoms with Crippen molar-refractivity contribution in [3.05, 3.63) is 36.0 Å². The number of nitrogens with two attached hydrogens (primary N) is 2. The second-order valence-electron chi connectivity index (χ2n) is 5.44. The SMILES string of the molecule is NNC(=O)c1cc(-c2cccc(OCC3CCCO3)c2)nc(N)n1. The first kappa shape index (κ1) is 16.2. The number of nitrogens with zero attached hydrogens (tertiary/aromatic N) is 2. The number of hydrogen-bond acceptors (Lipinski definition) is 7. The van der Waals surface area contributed by atoms with Crippen LogP contribution in [0.2, 0.25) is 0 Å². The first-order valence-electron chi connectivity index (χ1n) is 7.66. The van der Waals surface area contributed by atoms with E-state index in [1.807, 2.05) is 29.7 Å². The summed E-state index contributed by atoms with van der Waals surface area (Å²) in [5.74, 6) is 5.30. The van der Waals surface area contributed by atoms with Crippen LogP contribution in [0.15, 0.2) is 30.3 Å². The summed E-state index contributed by atoms with van der Waals surface area (Å²) in [6, 6.07) is 8.92. The third kappa shape index (κ3) is 3.79. The highest BCUT2D eigenvalue weighted by Crippen LogP contribution is 2.24. The molecular weight excluding hydrogens is 310 g/mol. The van der Waals surface area contributed by atoms with Gasteiger partial charge in [-0.05, 0) is 31.0 Å². The lowest BCUT2D eigenvalue weighted by Crippen LogP contribution is -2.31. The Bertz CT molecular complexity index is 731. The number of nitrogen functional groups attached to an aromatic ring is 2. The minimum atomic E-state index is -0.531. The summed E-state index contributed by atoms with van der Waals surface area (Å²) in [4.78, 5) is 19.7. The molecule has 0 radical (unpaired) electrons. The molecule has 8 heteroatoms. The van der Waals surface area contributed by atoms with Gasteiger partial charge in [0.15, 0.2) is 0 Å². The molecule has 0 aliphatic carbocycles. The normalized spacial score (nSPS) is 16.8. The molecule has 2 aromatic rings. The minimum Gasteiger partial charge on any atom is -0.491 e. The van der Waals surface area contributed by atoms with Crippen LogP contribution in [0.5, 0.6) is 5.75 Å². The van der Waals surface area contributed by atoms with E-state index in [9.17, 15) is 4.79 Å². The molecule has 2 heterocycles. The maximum Gasteiger partial charge on any atom is 0.283 e. The molecule has 1 atom stereocenters. The van der Waals surface area contributed by atoms with Crippen LogP contribution in [0.4, 0.5) is 5.95 Å². The van der Waals surface area contributed by atoms with Gasteiger partial charge in [0.05, 0.1) is 11.8 Å². The van der Waals surface area contributed by atoms with Gasteiger partial charge in [-0.3, -0.25) is 10.2 Å². The van der Waals surface area contributed by atoms with Crippen LogP contribution in [0.25, 0.3) is 11.3 Å². The fourth-order valence-corrected chi connectivity index (χ4v) is 2.51. The molecule has 1 amide bonds. The van der Waals surface area contributed by atoms with Gasteiger partial charge in [0.1, 0.15) is 18.1 Å². The quantitative estimate of drug-likeness (QED) is 0.422. The Kier molecular flexibility index (Phi) is 4.88. The summed E-state index contributed by atoms with van der Waals surface area (Å²) >= 11 is 0. The molecule has 24 heavy (non-hydrogen) atoms. The Balaban J connectivity index is 1.80. The molecule has 1 aliphatic rings. The van der Waals surface area contributed by atoms with Crippen LogP contribution in [-0.4, -0.2) is 35.2 Å². The molecule has 1 aliphatic heterocycles. The third-order valence-corrected chi connectivity index (χ3v) is 3.70. The Hall–Kier alpha value is -2.71. The molecule has 0 spiro atoms. The third-order valence-electron chi connectivity index (χ3n) is 3.70. The van der Waals surface area contributed by atoms with Gasteiger partial charge in [-0.25, -0.2) is 15.8 Å². The first-order chi connectivity index (χ1) is 11.7. The van der Waals surface area contributed by atoms with Gasteiger partial charge in [-0.2, -0.15) is 0 Å². The number of benzene rings is 1. The van der Waals surface area contributed by atoms with E-state index in [1.54, 1.807) is 0 Å². The Morgan fingerprint density at radius 1 is 1.38 bits per heavy atom. The van der Waals surface area contributed by atoms with Crippen LogP contribution in [0.3, 0.4) is 0 Å². The Labute approximate surface area is 139 Å². The summed E-state index contributed by atoms with van der Waals surface area (Å²) in [6.07, 6.45) is 2.23. The average molecular weight is 329 g/mol. The molecule has 0 bridgehead atoms. The van der Waals surface area contributed by atoms with E-state index in [0.717, 1.165) is 25.0 Å². The van der Waals surface area contributed by atoms with E-state index < -0.39 is 5.91 Å². The van der Waals surface area contributed by atoms with Crippen LogP contribution in [0, 0.1) is 0 Å². The van der Waals surface area contributed by atoms with Gasteiger partial charge in [0, 0.05) is 12.2 Å². The average Bonchev–Trinajstić information content (AvgIpc) is 3.12. The summed E-state index contributed by atoms with van der Waals surface area (Å²) in [5, 5.41) is 0. The number of hydrogen-bond donors (Lipinski definition) is 3. The smallest absolute Gasteiger partial charge is 0.283 e. The number of aromatic nitrogens is 2. The predicted octanol–water partition coefficient (Wildman–Crippen LogP) is 0.887. The Morgan fingerprint density at radius 2 is 2.25 bits per heavy atom. The van der Waals surface area contributed by atoms with Crippen molar-refractivity contribution in [1.82, 2.24) is 15.4 Å². The molecule has 1 aromatic heterocycles. The molecule has 8 nitrogen and oxygen atoms in total. The van der Waals surface area contributed by atoms with Gasteiger partial charge in [-0.15, -0.1) is 0 Å². The second kappa shape index (κ2) is 7.24. The van der Waals surface area contributed by atoms with E-state index in [4.69, 9.17) is 21.1 Å². The van der Waals surface area contributed by atoms with Gasteiger partial charge in [0.2, 0.25) is 5.95 Å². The maximum absolute atomic E-state index is 11.6. The number of carbonyl (C=O) groups is 1. The summed E-state index contributed by atoms with van der Waals surface area (Å²) in [7, 11) is 0. The number of carbonyl (C=O) groups excluding carboxylic acids is 1. The van der Waals surface area contributed by atoms with E-state index in [0.29, 0.717) is 18.1 Å². The van der Waals surface area contributed by atoms with E-state index in [2.05, 4.69) is 9.97 Å². The number of anilines is 1. The maximum atomic E-state index is 11.6. The zero-order valence-corrected chi connectivity index (χ0v) is 13.1.